The van der Waals surface area contributed by atoms with Gasteiger partial charge in [0, 0.05) is 6.42 Å². The Hall–Kier alpha value is -0.850. The summed E-state index contributed by atoms with van der Waals surface area (Å²) in [4.78, 5) is 11.1. The molecule has 72 valence electrons. The van der Waals surface area contributed by atoms with E-state index in [1.54, 1.807) is 6.08 Å². The van der Waals surface area contributed by atoms with E-state index >= 15 is 0 Å². The number of rotatable bonds is 4. The van der Waals surface area contributed by atoms with Gasteiger partial charge >= 0.3 is 0 Å². The highest BCUT2D eigenvalue weighted by atomic mass is 16.1. The second-order valence-corrected chi connectivity index (χ2v) is 3.58. The highest BCUT2D eigenvalue weighted by Crippen LogP contribution is 2.16. The van der Waals surface area contributed by atoms with Crippen LogP contribution in [0.15, 0.2) is 23.8 Å². The minimum absolute atomic E-state index is 0.293. The molecule has 0 atom stereocenters. The molecule has 0 aromatic carbocycles. The van der Waals surface area contributed by atoms with Gasteiger partial charge < -0.3 is 0 Å². The minimum atomic E-state index is 0.293. The molecule has 0 aliphatic heterocycles. The third-order valence-electron chi connectivity index (χ3n) is 2.29. The number of carbonyl (C=O) groups excluding carboxylic acids is 1. The lowest BCUT2D eigenvalue weighted by molar-refractivity contribution is -0.115. The number of hydrogen-bond donors (Lipinski definition) is 0. The quantitative estimate of drug-likeness (QED) is 0.603. The average molecular weight is 178 g/mol. The zero-order valence-electron chi connectivity index (χ0n) is 8.38. The van der Waals surface area contributed by atoms with Crippen LogP contribution in [0.4, 0.5) is 0 Å². The van der Waals surface area contributed by atoms with E-state index in [-0.39, 0.29) is 0 Å². The van der Waals surface area contributed by atoms with E-state index in [1.807, 2.05) is 0 Å². The molecule has 0 bridgehead atoms. The van der Waals surface area contributed by atoms with Crippen molar-refractivity contribution in [1.82, 2.24) is 0 Å². The van der Waals surface area contributed by atoms with Gasteiger partial charge in [0.25, 0.3) is 0 Å². The van der Waals surface area contributed by atoms with Crippen LogP contribution in [-0.4, -0.2) is 5.78 Å². The lowest BCUT2D eigenvalue weighted by Gasteiger charge is -2.07. The highest BCUT2D eigenvalue weighted by molar-refractivity contribution is 5.91. The first-order chi connectivity index (χ1) is 6.33. The van der Waals surface area contributed by atoms with Crippen LogP contribution in [0, 0.1) is 0 Å². The summed E-state index contributed by atoms with van der Waals surface area (Å²) in [6, 6.07) is 0. The largest absolute Gasteiger partial charge is 0.295 e. The molecule has 1 nitrogen and oxygen atoms in total. The molecule has 0 radical (unpaired) electrons. The lowest BCUT2D eigenvalue weighted by Crippen LogP contribution is -2.00. The van der Waals surface area contributed by atoms with Crippen molar-refractivity contribution < 1.29 is 4.79 Å². The van der Waals surface area contributed by atoms with E-state index in [9.17, 15) is 4.79 Å². The van der Waals surface area contributed by atoms with Crippen LogP contribution in [0.2, 0.25) is 0 Å². The average Bonchev–Trinajstić information content (AvgIpc) is 2.13. The molecule has 0 N–H and O–H groups in total. The van der Waals surface area contributed by atoms with Crippen LogP contribution >= 0.6 is 0 Å². The highest BCUT2D eigenvalue weighted by Gasteiger charge is 2.06. The van der Waals surface area contributed by atoms with E-state index in [0.29, 0.717) is 5.78 Å². The fourth-order valence-electron chi connectivity index (χ4n) is 1.51. The van der Waals surface area contributed by atoms with Crippen LogP contribution < -0.4 is 0 Å². The van der Waals surface area contributed by atoms with Gasteiger partial charge in [0.2, 0.25) is 0 Å². The molecule has 0 aromatic rings. The maximum Gasteiger partial charge on any atom is 0.155 e. The Bertz CT molecular complexity index is 223. The summed E-state index contributed by atoms with van der Waals surface area (Å²) < 4.78 is 0. The Balaban J connectivity index is 2.34. The van der Waals surface area contributed by atoms with Crippen molar-refractivity contribution in [3.05, 3.63) is 23.8 Å². The molecule has 0 aromatic heterocycles. The molecule has 1 aliphatic rings. The molecule has 0 amide bonds. The van der Waals surface area contributed by atoms with Gasteiger partial charge in [-0.25, -0.2) is 0 Å². The van der Waals surface area contributed by atoms with Crippen molar-refractivity contribution >= 4 is 5.78 Å². The Morgan fingerprint density at radius 3 is 3.00 bits per heavy atom. The van der Waals surface area contributed by atoms with Crippen molar-refractivity contribution in [3.8, 4) is 0 Å². The SMILES string of the molecule is CCCC/C=C/C1=CC(=O)CCC1. The van der Waals surface area contributed by atoms with Crippen LogP contribution in [0.3, 0.4) is 0 Å². The van der Waals surface area contributed by atoms with E-state index in [4.69, 9.17) is 0 Å². The Morgan fingerprint density at radius 2 is 2.31 bits per heavy atom. The fourth-order valence-corrected chi connectivity index (χ4v) is 1.51. The molecular formula is C12H18O. The predicted octanol–water partition coefficient (Wildman–Crippen LogP) is 3.41. The van der Waals surface area contributed by atoms with Gasteiger partial charge in [-0.3, -0.25) is 4.79 Å². The van der Waals surface area contributed by atoms with Crippen molar-refractivity contribution in [2.24, 2.45) is 0 Å². The normalized spacial score (nSPS) is 17.9. The third-order valence-corrected chi connectivity index (χ3v) is 2.29. The summed E-state index contributed by atoms with van der Waals surface area (Å²) in [5, 5.41) is 0. The Kier molecular flexibility index (Phi) is 4.52. The lowest BCUT2D eigenvalue weighted by atomic mass is 9.98. The molecule has 0 fully saturated rings. The molecule has 1 rings (SSSR count). The third kappa shape index (κ3) is 4.07. The maximum atomic E-state index is 11.1. The van der Waals surface area contributed by atoms with Gasteiger partial charge in [-0.1, -0.05) is 31.9 Å². The van der Waals surface area contributed by atoms with Gasteiger partial charge in [0.15, 0.2) is 5.78 Å². The van der Waals surface area contributed by atoms with E-state index in [1.165, 1.54) is 18.4 Å². The number of carbonyl (C=O) groups is 1. The first kappa shape index (κ1) is 10.2. The van der Waals surface area contributed by atoms with Crippen molar-refractivity contribution in [3.63, 3.8) is 0 Å². The zero-order chi connectivity index (χ0) is 9.52. The maximum absolute atomic E-state index is 11.1. The van der Waals surface area contributed by atoms with Crippen molar-refractivity contribution in [2.45, 2.75) is 45.4 Å². The topological polar surface area (TPSA) is 17.1 Å². The monoisotopic (exact) mass is 178 g/mol. The number of unbranched alkanes of at least 4 members (excludes halogenated alkanes) is 2. The predicted molar refractivity (Wildman–Crippen MR) is 55.6 cm³/mol. The summed E-state index contributed by atoms with van der Waals surface area (Å²) in [5.74, 6) is 0.293. The van der Waals surface area contributed by atoms with Gasteiger partial charge in [0.1, 0.15) is 0 Å². The zero-order valence-corrected chi connectivity index (χ0v) is 8.38. The number of ketones is 1. The molecule has 0 saturated heterocycles. The summed E-state index contributed by atoms with van der Waals surface area (Å²) in [6.45, 7) is 2.19. The molecular weight excluding hydrogens is 160 g/mol. The van der Waals surface area contributed by atoms with Crippen molar-refractivity contribution in [2.75, 3.05) is 0 Å². The Labute approximate surface area is 80.5 Å². The molecule has 0 unspecified atom stereocenters. The Morgan fingerprint density at radius 1 is 1.46 bits per heavy atom. The molecule has 1 aliphatic carbocycles. The molecule has 0 spiro atoms. The second kappa shape index (κ2) is 5.74. The van der Waals surface area contributed by atoms with Crippen LogP contribution in [0.5, 0.6) is 0 Å². The molecule has 1 heteroatoms. The van der Waals surface area contributed by atoms with E-state index < -0.39 is 0 Å². The number of allylic oxidation sites excluding steroid dienone is 4. The molecule has 0 saturated carbocycles. The van der Waals surface area contributed by atoms with Gasteiger partial charge in [-0.2, -0.15) is 0 Å². The summed E-state index contributed by atoms with van der Waals surface area (Å²) in [5.41, 5.74) is 1.22. The van der Waals surface area contributed by atoms with E-state index in [2.05, 4.69) is 19.1 Å². The standard InChI is InChI=1S/C12H18O/c1-2-3-4-5-7-11-8-6-9-12(13)10-11/h5,7,10H,2-4,6,8-9H2,1H3/b7-5+. The van der Waals surface area contributed by atoms with Crippen LogP contribution in [0.1, 0.15) is 45.4 Å². The summed E-state index contributed by atoms with van der Waals surface area (Å²) in [7, 11) is 0. The van der Waals surface area contributed by atoms with Gasteiger partial charge in [-0.15, -0.1) is 0 Å². The summed E-state index contributed by atoms with van der Waals surface area (Å²) >= 11 is 0. The second-order valence-electron chi connectivity index (χ2n) is 3.58. The fraction of sp³-hybridized carbons (Fsp3) is 0.583. The van der Waals surface area contributed by atoms with Crippen LogP contribution in [0.25, 0.3) is 0 Å². The number of hydrogen-bond acceptors (Lipinski definition) is 1. The van der Waals surface area contributed by atoms with Gasteiger partial charge in [0.05, 0.1) is 0 Å². The molecule has 0 heterocycles. The first-order valence-corrected chi connectivity index (χ1v) is 5.23. The molecule has 13 heavy (non-hydrogen) atoms. The van der Waals surface area contributed by atoms with Crippen LogP contribution in [-0.2, 0) is 4.79 Å². The van der Waals surface area contributed by atoms with Gasteiger partial charge in [-0.05, 0) is 30.9 Å². The minimum Gasteiger partial charge on any atom is -0.295 e. The van der Waals surface area contributed by atoms with E-state index in [0.717, 1.165) is 25.7 Å². The van der Waals surface area contributed by atoms with Crippen molar-refractivity contribution in [1.29, 1.82) is 0 Å². The smallest absolute Gasteiger partial charge is 0.155 e. The first-order valence-electron chi connectivity index (χ1n) is 5.23. The summed E-state index contributed by atoms with van der Waals surface area (Å²) in [6.07, 6.45) is 12.6.